The second kappa shape index (κ2) is 6.54. The molecule has 0 aliphatic rings. The van der Waals surface area contributed by atoms with Crippen LogP contribution in [0.15, 0.2) is 24.3 Å². The summed E-state index contributed by atoms with van der Waals surface area (Å²) in [5, 5.41) is 0. The van der Waals surface area contributed by atoms with E-state index in [1.165, 1.54) is 38.5 Å². The fourth-order valence-corrected chi connectivity index (χ4v) is 2.10. The molecule has 1 aromatic rings. The molecule has 0 N–H and O–H groups in total. The van der Waals surface area contributed by atoms with Crippen molar-refractivity contribution in [3.05, 3.63) is 29.8 Å². The molecular weight excluding hydrogens is 259 g/mol. The highest BCUT2D eigenvalue weighted by Crippen LogP contribution is 2.48. The highest BCUT2D eigenvalue weighted by molar-refractivity contribution is 7.48. The van der Waals surface area contributed by atoms with E-state index in [9.17, 15) is 9.36 Å². The first-order valence-corrected chi connectivity index (χ1v) is 6.69. The van der Waals surface area contributed by atoms with Gasteiger partial charge < -0.3 is 9.26 Å². The maximum atomic E-state index is 11.9. The zero-order valence-corrected chi connectivity index (χ0v) is 11.3. The number of phosphoric acid groups is 1. The van der Waals surface area contributed by atoms with Gasteiger partial charge in [-0.05, 0) is 31.2 Å². The molecule has 18 heavy (non-hydrogen) atoms. The summed E-state index contributed by atoms with van der Waals surface area (Å²) >= 11 is 0. The van der Waals surface area contributed by atoms with Gasteiger partial charge in [0.1, 0.15) is 5.75 Å². The molecule has 7 heteroatoms. The van der Waals surface area contributed by atoms with Gasteiger partial charge in [-0.25, -0.2) is 9.36 Å². The van der Waals surface area contributed by atoms with Crippen LogP contribution in [-0.4, -0.2) is 26.8 Å². The third-order valence-electron chi connectivity index (χ3n) is 2.00. The lowest BCUT2D eigenvalue weighted by Crippen LogP contribution is -2.02. The number of hydrogen-bond acceptors (Lipinski definition) is 6. The molecule has 0 aliphatic carbocycles. The standard InChI is InChI=1S/C11H15O6P/c1-4-16-18(13,15-3)17-10-7-5-9(6-8-10)11(12)14-2/h5-8H,4H2,1-3H3. The zero-order valence-electron chi connectivity index (χ0n) is 10.4. The van der Waals surface area contributed by atoms with Crippen LogP contribution in [-0.2, 0) is 18.3 Å². The van der Waals surface area contributed by atoms with Gasteiger partial charge in [-0.2, -0.15) is 0 Å². The van der Waals surface area contributed by atoms with Crippen LogP contribution in [0.5, 0.6) is 5.75 Å². The molecule has 1 rings (SSSR count). The van der Waals surface area contributed by atoms with Crippen LogP contribution in [0.4, 0.5) is 0 Å². The number of rotatable bonds is 6. The Morgan fingerprint density at radius 1 is 1.22 bits per heavy atom. The third kappa shape index (κ3) is 3.84. The molecule has 0 fully saturated rings. The Kier molecular flexibility index (Phi) is 5.34. The molecule has 0 amide bonds. The average Bonchev–Trinajstić information content (AvgIpc) is 2.39. The van der Waals surface area contributed by atoms with Gasteiger partial charge in [0.25, 0.3) is 0 Å². The molecular formula is C11H15O6P. The number of carbonyl (C=O) groups is 1. The minimum absolute atomic E-state index is 0.200. The largest absolute Gasteiger partial charge is 0.529 e. The first kappa shape index (κ1) is 14.7. The van der Waals surface area contributed by atoms with Gasteiger partial charge in [-0.1, -0.05) is 0 Å². The number of esters is 1. The first-order chi connectivity index (χ1) is 8.54. The van der Waals surface area contributed by atoms with Crippen molar-refractivity contribution in [2.75, 3.05) is 20.8 Å². The molecule has 0 radical (unpaired) electrons. The lowest BCUT2D eigenvalue weighted by molar-refractivity contribution is 0.0600. The van der Waals surface area contributed by atoms with E-state index in [1.54, 1.807) is 6.92 Å². The highest BCUT2D eigenvalue weighted by Gasteiger charge is 2.25. The Balaban J connectivity index is 2.80. The smallest absolute Gasteiger partial charge is 0.465 e. The van der Waals surface area contributed by atoms with Gasteiger partial charge >= 0.3 is 13.8 Å². The second-order valence-electron chi connectivity index (χ2n) is 3.15. The predicted molar refractivity (Wildman–Crippen MR) is 64.7 cm³/mol. The predicted octanol–water partition coefficient (Wildman–Crippen LogP) is 2.64. The normalized spacial score (nSPS) is 13.7. The maximum absolute atomic E-state index is 11.9. The number of hydrogen-bond donors (Lipinski definition) is 0. The zero-order chi connectivity index (χ0) is 13.6. The summed E-state index contributed by atoms with van der Waals surface area (Å²) in [5.74, 6) is -0.178. The summed E-state index contributed by atoms with van der Waals surface area (Å²) in [6.45, 7) is 1.88. The van der Waals surface area contributed by atoms with Crippen LogP contribution in [0, 0.1) is 0 Å². The van der Waals surface area contributed by atoms with Crippen LogP contribution in [0.3, 0.4) is 0 Å². The summed E-state index contributed by atoms with van der Waals surface area (Å²) in [4.78, 5) is 11.2. The van der Waals surface area contributed by atoms with Crippen LogP contribution in [0.2, 0.25) is 0 Å². The lowest BCUT2D eigenvalue weighted by atomic mass is 10.2. The van der Waals surface area contributed by atoms with Gasteiger partial charge in [-0.15, -0.1) is 0 Å². The van der Waals surface area contributed by atoms with E-state index in [0.717, 1.165) is 0 Å². The highest BCUT2D eigenvalue weighted by atomic mass is 31.2. The van der Waals surface area contributed by atoms with E-state index in [2.05, 4.69) is 4.74 Å². The van der Waals surface area contributed by atoms with Gasteiger partial charge in [-0.3, -0.25) is 9.05 Å². The fourth-order valence-electron chi connectivity index (χ4n) is 1.17. The van der Waals surface area contributed by atoms with Crippen molar-refractivity contribution >= 4 is 13.8 Å². The van der Waals surface area contributed by atoms with Crippen molar-refractivity contribution in [2.24, 2.45) is 0 Å². The number of ether oxygens (including phenoxy) is 1. The molecule has 1 atom stereocenters. The van der Waals surface area contributed by atoms with Crippen molar-refractivity contribution in [2.45, 2.75) is 6.92 Å². The van der Waals surface area contributed by atoms with Crippen molar-refractivity contribution < 1.29 is 27.7 Å². The maximum Gasteiger partial charge on any atom is 0.529 e. The average molecular weight is 274 g/mol. The van der Waals surface area contributed by atoms with Crippen molar-refractivity contribution in [3.8, 4) is 5.75 Å². The summed E-state index contributed by atoms with van der Waals surface area (Å²) in [5.41, 5.74) is 0.369. The number of phosphoric ester groups is 1. The van der Waals surface area contributed by atoms with Crippen LogP contribution >= 0.6 is 7.82 Å². The van der Waals surface area contributed by atoms with E-state index in [4.69, 9.17) is 13.6 Å². The molecule has 0 saturated carbocycles. The molecule has 0 aliphatic heterocycles. The van der Waals surface area contributed by atoms with Gasteiger partial charge in [0.15, 0.2) is 0 Å². The van der Waals surface area contributed by atoms with E-state index >= 15 is 0 Å². The molecule has 6 nitrogen and oxygen atoms in total. The third-order valence-corrected chi connectivity index (χ3v) is 3.46. The van der Waals surface area contributed by atoms with E-state index in [0.29, 0.717) is 5.56 Å². The van der Waals surface area contributed by atoms with E-state index in [-0.39, 0.29) is 12.4 Å². The van der Waals surface area contributed by atoms with Crippen LogP contribution < -0.4 is 4.52 Å². The number of carbonyl (C=O) groups excluding carboxylic acids is 1. The summed E-state index contributed by atoms with van der Waals surface area (Å²) < 4.78 is 31.1. The molecule has 0 spiro atoms. The Morgan fingerprint density at radius 3 is 2.28 bits per heavy atom. The van der Waals surface area contributed by atoms with Gasteiger partial charge in [0, 0.05) is 7.11 Å². The molecule has 0 bridgehead atoms. The van der Waals surface area contributed by atoms with Crippen molar-refractivity contribution in [1.29, 1.82) is 0 Å². The van der Waals surface area contributed by atoms with Crippen LogP contribution in [0.25, 0.3) is 0 Å². The molecule has 0 aromatic heterocycles. The molecule has 1 aromatic carbocycles. The SMILES string of the molecule is CCOP(=O)(OC)Oc1ccc(C(=O)OC)cc1. The van der Waals surface area contributed by atoms with Gasteiger partial charge in [0.2, 0.25) is 0 Å². The summed E-state index contributed by atoms with van der Waals surface area (Å²) in [6, 6.07) is 5.95. The Labute approximate surface area is 105 Å². The number of methoxy groups -OCH3 is 1. The van der Waals surface area contributed by atoms with Gasteiger partial charge in [0.05, 0.1) is 19.3 Å². The molecule has 100 valence electrons. The van der Waals surface area contributed by atoms with Crippen LogP contribution in [0.1, 0.15) is 17.3 Å². The van der Waals surface area contributed by atoms with E-state index < -0.39 is 13.8 Å². The fraction of sp³-hybridized carbons (Fsp3) is 0.364. The Hall–Kier alpha value is -1.36. The Morgan fingerprint density at radius 2 is 1.83 bits per heavy atom. The topological polar surface area (TPSA) is 71.1 Å². The monoisotopic (exact) mass is 274 g/mol. The Bertz CT molecular complexity index is 441. The number of benzene rings is 1. The minimum atomic E-state index is -3.58. The lowest BCUT2D eigenvalue weighted by Gasteiger charge is -2.15. The molecule has 1 unspecified atom stereocenters. The minimum Gasteiger partial charge on any atom is -0.465 e. The first-order valence-electron chi connectivity index (χ1n) is 5.23. The van der Waals surface area contributed by atoms with Crippen molar-refractivity contribution in [1.82, 2.24) is 0 Å². The summed E-state index contributed by atoms with van der Waals surface area (Å²) in [6.07, 6.45) is 0. The van der Waals surface area contributed by atoms with E-state index in [1.807, 2.05) is 0 Å². The molecule has 0 saturated heterocycles. The summed E-state index contributed by atoms with van der Waals surface area (Å²) in [7, 11) is -1.06. The quantitative estimate of drug-likeness (QED) is 0.586. The van der Waals surface area contributed by atoms with Crippen molar-refractivity contribution in [3.63, 3.8) is 0 Å². The second-order valence-corrected chi connectivity index (χ2v) is 4.86. The molecule has 0 heterocycles.